The molecule has 0 aliphatic heterocycles. The van der Waals surface area contributed by atoms with Gasteiger partial charge in [-0.15, -0.1) is 12.4 Å². The number of nitrogens with zero attached hydrogens (tertiary/aromatic N) is 1. The molecule has 2 nitrogen and oxygen atoms in total. The van der Waals surface area contributed by atoms with E-state index >= 15 is 0 Å². The van der Waals surface area contributed by atoms with E-state index in [1.807, 2.05) is 0 Å². The van der Waals surface area contributed by atoms with E-state index < -0.39 is 5.95 Å². The van der Waals surface area contributed by atoms with Gasteiger partial charge in [-0.2, -0.15) is 4.39 Å². The van der Waals surface area contributed by atoms with Gasteiger partial charge >= 0.3 is 0 Å². The Kier molecular flexibility index (Phi) is 4.00. The lowest BCUT2D eigenvalue weighted by Crippen LogP contribution is -2.05. The Hall–Kier alpha value is -0.670. The first-order valence-corrected chi connectivity index (χ1v) is 3.07. The fourth-order valence-corrected chi connectivity index (χ4v) is 0.701. The lowest BCUT2D eigenvalue weighted by atomic mass is 10.1. The van der Waals surface area contributed by atoms with Crippen molar-refractivity contribution in [2.75, 3.05) is 0 Å². The molecule has 0 aromatic carbocycles. The van der Waals surface area contributed by atoms with Crippen molar-refractivity contribution in [3.63, 3.8) is 0 Å². The Morgan fingerprint density at radius 2 is 2.27 bits per heavy atom. The van der Waals surface area contributed by atoms with Crippen molar-refractivity contribution in [1.29, 1.82) is 0 Å². The van der Waals surface area contributed by atoms with Crippen molar-refractivity contribution in [1.82, 2.24) is 4.98 Å². The third-order valence-electron chi connectivity index (χ3n) is 1.28. The highest BCUT2D eigenvalue weighted by molar-refractivity contribution is 5.85. The van der Waals surface area contributed by atoms with Crippen LogP contribution in [0.25, 0.3) is 0 Å². The van der Waals surface area contributed by atoms with Gasteiger partial charge in [-0.1, -0.05) is 0 Å². The minimum Gasteiger partial charge on any atom is -0.324 e. The van der Waals surface area contributed by atoms with Crippen LogP contribution in [-0.2, 0) is 0 Å². The number of hydrogen-bond acceptors (Lipinski definition) is 2. The minimum atomic E-state index is -0.477. The minimum absolute atomic E-state index is 0. The molecule has 0 fully saturated rings. The molecule has 0 unspecified atom stereocenters. The summed E-state index contributed by atoms with van der Waals surface area (Å²) in [5, 5.41) is 0. The molecule has 1 heterocycles. The molecule has 1 atom stereocenters. The molecule has 62 valence electrons. The molecule has 1 aromatic heterocycles. The van der Waals surface area contributed by atoms with Crippen molar-refractivity contribution < 1.29 is 4.39 Å². The van der Waals surface area contributed by atoms with Crippen molar-refractivity contribution in [3.05, 3.63) is 29.8 Å². The summed E-state index contributed by atoms with van der Waals surface area (Å²) in [7, 11) is 0. The number of aromatic nitrogens is 1. The van der Waals surface area contributed by atoms with E-state index in [0.717, 1.165) is 5.56 Å². The summed E-state index contributed by atoms with van der Waals surface area (Å²) in [6.07, 6.45) is 1.41. The van der Waals surface area contributed by atoms with Gasteiger partial charge in [0.05, 0.1) is 0 Å². The largest absolute Gasteiger partial charge is 0.324 e. The van der Waals surface area contributed by atoms with Crippen LogP contribution < -0.4 is 5.73 Å². The van der Waals surface area contributed by atoms with Crippen LogP contribution in [0, 0.1) is 5.95 Å². The summed E-state index contributed by atoms with van der Waals surface area (Å²) in [4.78, 5) is 3.40. The Bertz CT molecular complexity index is 227. The second-order valence-corrected chi connectivity index (χ2v) is 2.20. The molecule has 1 aromatic rings. The first kappa shape index (κ1) is 10.3. The predicted molar refractivity (Wildman–Crippen MR) is 44.0 cm³/mol. The zero-order chi connectivity index (χ0) is 7.56. The highest BCUT2D eigenvalue weighted by atomic mass is 35.5. The highest BCUT2D eigenvalue weighted by Gasteiger charge is 1.99. The van der Waals surface area contributed by atoms with Crippen molar-refractivity contribution in [2.45, 2.75) is 13.0 Å². The average Bonchev–Trinajstić information content (AvgIpc) is 1.88. The molecule has 0 aliphatic carbocycles. The fourth-order valence-electron chi connectivity index (χ4n) is 0.701. The van der Waals surface area contributed by atoms with Gasteiger partial charge < -0.3 is 5.73 Å². The molecule has 2 N–H and O–H groups in total. The Morgan fingerprint density at radius 3 is 2.64 bits per heavy atom. The van der Waals surface area contributed by atoms with Gasteiger partial charge in [-0.25, -0.2) is 4.98 Å². The van der Waals surface area contributed by atoms with E-state index in [1.54, 1.807) is 13.0 Å². The zero-order valence-electron chi connectivity index (χ0n) is 6.12. The molecule has 0 bridgehead atoms. The van der Waals surface area contributed by atoms with E-state index in [0.29, 0.717) is 0 Å². The maximum Gasteiger partial charge on any atom is 0.213 e. The molecule has 1 rings (SSSR count). The van der Waals surface area contributed by atoms with Crippen molar-refractivity contribution in [2.24, 2.45) is 5.73 Å². The van der Waals surface area contributed by atoms with Gasteiger partial charge in [0, 0.05) is 12.2 Å². The number of hydrogen-bond donors (Lipinski definition) is 1. The molecule has 0 spiro atoms. The summed E-state index contributed by atoms with van der Waals surface area (Å²) >= 11 is 0. The number of nitrogens with two attached hydrogens (primary N) is 1. The Morgan fingerprint density at radius 1 is 1.64 bits per heavy atom. The maximum absolute atomic E-state index is 12.4. The van der Waals surface area contributed by atoms with Crippen LogP contribution in [0.4, 0.5) is 4.39 Å². The summed E-state index contributed by atoms with van der Waals surface area (Å²) in [5.74, 6) is -0.477. The number of halogens is 2. The molecule has 0 aliphatic rings. The van der Waals surface area contributed by atoms with Crippen LogP contribution in [0.2, 0.25) is 0 Å². The van der Waals surface area contributed by atoms with Gasteiger partial charge in [0.1, 0.15) is 0 Å². The molecular weight excluding hydrogens is 167 g/mol. The number of pyridine rings is 1. The maximum atomic E-state index is 12.4. The van der Waals surface area contributed by atoms with Gasteiger partial charge in [-0.3, -0.25) is 0 Å². The summed E-state index contributed by atoms with van der Waals surface area (Å²) in [6.45, 7) is 1.80. The van der Waals surface area contributed by atoms with Gasteiger partial charge in [0.2, 0.25) is 5.95 Å². The van der Waals surface area contributed by atoms with Crippen LogP contribution in [0.1, 0.15) is 18.5 Å². The first-order valence-electron chi connectivity index (χ1n) is 3.07. The fraction of sp³-hybridized carbons (Fsp3) is 0.286. The van der Waals surface area contributed by atoms with Crippen LogP contribution >= 0.6 is 12.4 Å². The zero-order valence-corrected chi connectivity index (χ0v) is 6.94. The summed E-state index contributed by atoms with van der Waals surface area (Å²) in [5.41, 5.74) is 6.26. The summed E-state index contributed by atoms with van der Waals surface area (Å²) < 4.78 is 12.4. The lowest BCUT2D eigenvalue weighted by molar-refractivity contribution is 0.578. The van der Waals surface area contributed by atoms with Gasteiger partial charge in [0.25, 0.3) is 0 Å². The average molecular weight is 177 g/mol. The van der Waals surface area contributed by atoms with Crippen LogP contribution in [0.15, 0.2) is 18.3 Å². The van der Waals surface area contributed by atoms with Gasteiger partial charge in [-0.05, 0) is 24.6 Å². The second kappa shape index (κ2) is 4.26. The third kappa shape index (κ3) is 2.82. The molecule has 0 radical (unpaired) electrons. The molecule has 0 amide bonds. The lowest BCUT2D eigenvalue weighted by Gasteiger charge is -2.02. The topological polar surface area (TPSA) is 38.9 Å². The molecular formula is C7H10ClFN2. The predicted octanol–water partition coefficient (Wildman–Crippen LogP) is 1.66. The SMILES string of the molecule is C[C@H](N)c1ccnc(F)c1.Cl. The molecule has 0 saturated heterocycles. The van der Waals surface area contributed by atoms with Crippen molar-refractivity contribution >= 4 is 12.4 Å². The standard InChI is InChI=1S/C7H9FN2.ClH/c1-5(9)6-2-3-10-7(8)4-6;/h2-5H,9H2,1H3;1H/t5-;/m0./s1. The van der Waals surface area contributed by atoms with E-state index in [9.17, 15) is 4.39 Å². The van der Waals surface area contributed by atoms with E-state index in [-0.39, 0.29) is 18.4 Å². The molecule has 4 heteroatoms. The Labute approximate surface area is 71.0 Å². The van der Waals surface area contributed by atoms with E-state index in [1.165, 1.54) is 12.3 Å². The monoisotopic (exact) mass is 176 g/mol. The summed E-state index contributed by atoms with van der Waals surface area (Å²) in [6, 6.07) is 2.91. The normalized spacial score (nSPS) is 11.9. The molecule has 0 saturated carbocycles. The number of rotatable bonds is 1. The van der Waals surface area contributed by atoms with Crippen molar-refractivity contribution in [3.8, 4) is 0 Å². The van der Waals surface area contributed by atoms with E-state index in [2.05, 4.69) is 4.98 Å². The van der Waals surface area contributed by atoms with E-state index in [4.69, 9.17) is 5.73 Å². The first-order chi connectivity index (χ1) is 4.70. The van der Waals surface area contributed by atoms with Crippen LogP contribution in [0.5, 0.6) is 0 Å². The van der Waals surface area contributed by atoms with Crippen LogP contribution in [-0.4, -0.2) is 4.98 Å². The highest BCUT2D eigenvalue weighted by Crippen LogP contribution is 2.07. The molecule has 11 heavy (non-hydrogen) atoms. The van der Waals surface area contributed by atoms with Crippen LogP contribution in [0.3, 0.4) is 0 Å². The second-order valence-electron chi connectivity index (χ2n) is 2.20. The smallest absolute Gasteiger partial charge is 0.213 e. The third-order valence-corrected chi connectivity index (χ3v) is 1.28. The Balaban J connectivity index is 0.000001000. The van der Waals surface area contributed by atoms with Gasteiger partial charge in [0.15, 0.2) is 0 Å². The quantitative estimate of drug-likeness (QED) is 0.661.